The van der Waals surface area contributed by atoms with Gasteiger partial charge in [0.2, 0.25) is 0 Å². The normalized spacial score (nSPS) is 17.5. The molecule has 32 heavy (non-hydrogen) atoms. The van der Waals surface area contributed by atoms with Crippen LogP contribution >= 0.6 is 0 Å². The van der Waals surface area contributed by atoms with Gasteiger partial charge in [-0.3, -0.25) is 4.79 Å². The van der Waals surface area contributed by atoms with Gasteiger partial charge < -0.3 is 14.4 Å². The number of amides is 1. The molecule has 1 saturated heterocycles. The second kappa shape index (κ2) is 8.80. The predicted molar refractivity (Wildman–Crippen MR) is 119 cm³/mol. The molecule has 3 aromatic rings. The largest absolute Gasteiger partial charge is 0.379 e. The second-order valence-electron chi connectivity index (χ2n) is 8.34. The molecule has 166 valence electrons. The summed E-state index contributed by atoms with van der Waals surface area (Å²) in [6, 6.07) is 8.46. The molecule has 0 N–H and O–H groups in total. The molecule has 0 bridgehead atoms. The van der Waals surface area contributed by atoms with Crippen molar-refractivity contribution in [1.29, 1.82) is 0 Å². The first-order valence-corrected chi connectivity index (χ1v) is 11.0. The maximum absolute atomic E-state index is 13.2. The highest BCUT2D eigenvalue weighted by Crippen LogP contribution is 2.31. The van der Waals surface area contributed by atoms with Gasteiger partial charge in [0.15, 0.2) is 0 Å². The van der Waals surface area contributed by atoms with Crippen LogP contribution < -0.4 is 0 Å². The van der Waals surface area contributed by atoms with Crippen LogP contribution in [0.1, 0.15) is 40.0 Å². The molecular formula is C24H27N5O3. The number of hydrogen-bond donors (Lipinski definition) is 0. The molecule has 1 aliphatic heterocycles. The summed E-state index contributed by atoms with van der Waals surface area (Å²) in [6.07, 6.45) is 7.34. The molecule has 1 aliphatic carbocycles. The van der Waals surface area contributed by atoms with Crippen LogP contribution in [0.3, 0.4) is 0 Å². The van der Waals surface area contributed by atoms with E-state index in [-0.39, 0.29) is 18.6 Å². The third-order valence-electron chi connectivity index (χ3n) is 6.36. The van der Waals surface area contributed by atoms with Gasteiger partial charge in [0.1, 0.15) is 0 Å². The fourth-order valence-electron chi connectivity index (χ4n) is 4.54. The van der Waals surface area contributed by atoms with E-state index in [1.165, 1.54) is 5.56 Å². The Labute approximate surface area is 187 Å². The van der Waals surface area contributed by atoms with Crippen molar-refractivity contribution in [2.75, 3.05) is 27.4 Å². The van der Waals surface area contributed by atoms with Crippen molar-refractivity contribution < 1.29 is 14.3 Å². The zero-order valence-corrected chi connectivity index (χ0v) is 18.5. The van der Waals surface area contributed by atoms with Crippen LogP contribution in [0.5, 0.6) is 0 Å². The van der Waals surface area contributed by atoms with Gasteiger partial charge in [-0.2, -0.15) is 9.78 Å². The minimum absolute atomic E-state index is 0.0708. The van der Waals surface area contributed by atoms with Crippen LogP contribution in [0.2, 0.25) is 0 Å². The molecule has 0 radical (unpaired) electrons. The lowest BCUT2D eigenvalue weighted by Crippen LogP contribution is -2.37. The third-order valence-corrected chi connectivity index (χ3v) is 6.36. The first-order chi connectivity index (χ1) is 15.7. The van der Waals surface area contributed by atoms with Crippen molar-refractivity contribution in [1.82, 2.24) is 24.6 Å². The van der Waals surface area contributed by atoms with Crippen LogP contribution in [0.25, 0.3) is 17.2 Å². The van der Waals surface area contributed by atoms with Crippen LogP contribution in [0, 0.1) is 0 Å². The number of hydrogen-bond acceptors (Lipinski definition) is 6. The molecule has 3 heterocycles. The van der Waals surface area contributed by atoms with E-state index >= 15 is 0 Å². The molecule has 1 amide bonds. The summed E-state index contributed by atoms with van der Waals surface area (Å²) in [7, 11) is 3.42. The van der Waals surface area contributed by atoms with E-state index in [2.05, 4.69) is 28.3 Å². The number of ether oxygens (including phenoxy) is 2. The van der Waals surface area contributed by atoms with Crippen molar-refractivity contribution in [3.8, 4) is 17.2 Å². The Morgan fingerprint density at radius 2 is 2.09 bits per heavy atom. The Balaban J connectivity index is 1.55. The van der Waals surface area contributed by atoms with E-state index in [1.54, 1.807) is 22.9 Å². The first-order valence-electron chi connectivity index (χ1n) is 11.0. The highest BCUT2D eigenvalue weighted by molar-refractivity contribution is 5.95. The summed E-state index contributed by atoms with van der Waals surface area (Å²) in [5, 5.41) is 4.50. The topological polar surface area (TPSA) is 82.4 Å². The summed E-state index contributed by atoms with van der Waals surface area (Å²) in [6.45, 7) is 1.47. The number of carbonyl (C=O) groups is 1. The summed E-state index contributed by atoms with van der Waals surface area (Å²) in [5.74, 6) is 0.345. The monoisotopic (exact) mass is 433 g/mol. The number of fused-ring (bicyclic) bond motifs is 3. The molecule has 2 aromatic heterocycles. The lowest BCUT2D eigenvalue weighted by Gasteiger charge is -2.23. The van der Waals surface area contributed by atoms with E-state index in [4.69, 9.17) is 14.5 Å². The van der Waals surface area contributed by atoms with Crippen molar-refractivity contribution in [3.05, 3.63) is 59.0 Å². The fraction of sp³-hybridized carbons (Fsp3) is 0.417. The Hall–Kier alpha value is -3.10. The van der Waals surface area contributed by atoms with E-state index in [1.807, 2.05) is 19.3 Å². The number of rotatable bonds is 5. The number of carbonyl (C=O) groups excluding carboxylic acids is 1. The Bertz CT molecular complexity index is 1140. The first kappa shape index (κ1) is 20.8. The average molecular weight is 434 g/mol. The number of nitrogens with zero attached hydrogens (tertiary/aromatic N) is 5. The van der Waals surface area contributed by atoms with Gasteiger partial charge in [-0.15, -0.1) is 0 Å². The Kier molecular flexibility index (Phi) is 5.71. The van der Waals surface area contributed by atoms with Gasteiger partial charge in [0.05, 0.1) is 42.4 Å². The SMILES string of the molecule is COCc1c(C(=O)N(C)C2CCOC2)cnn1-c1ncc2c(n1)-c1ccccc1CCC2. The minimum Gasteiger partial charge on any atom is -0.379 e. The van der Waals surface area contributed by atoms with Crippen molar-refractivity contribution in [3.63, 3.8) is 0 Å². The number of aryl methyl sites for hydroxylation is 2. The molecular weight excluding hydrogens is 406 g/mol. The molecule has 5 rings (SSSR count). The molecule has 1 atom stereocenters. The summed E-state index contributed by atoms with van der Waals surface area (Å²) >= 11 is 0. The molecule has 2 aliphatic rings. The smallest absolute Gasteiger partial charge is 0.257 e. The van der Waals surface area contributed by atoms with Crippen molar-refractivity contribution in [2.45, 2.75) is 38.3 Å². The number of benzene rings is 1. The lowest BCUT2D eigenvalue weighted by atomic mass is 10.0. The van der Waals surface area contributed by atoms with Crippen molar-refractivity contribution in [2.24, 2.45) is 0 Å². The van der Waals surface area contributed by atoms with Gasteiger partial charge in [-0.1, -0.05) is 24.3 Å². The molecule has 8 heteroatoms. The zero-order chi connectivity index (χ0) is 22.1. The second-order valence-corrected chi connectivity index (χ2v) is 8.34. The maximum atomic E-state index is 13.2. The van der Waals surface area contributed by atoms with Crippen LogP contribution in [0.15, 0.2) is 36.7 Å². The van der Waals surface area contributed by atoms with Gasteiger partial charge in [-0.25, -0.2) is 9.97 Å². The molecule has 0 spiro atoms. The molecule has 1 aromatic carbocycles. The Morgan fingerprint density at radius 1 is 1.25 bits per heavy atom. The quantitative estimate of drug-likeness (QED) is 0.615. The van der Waals surface area contributed by atoms with Gasteiger partial charge in [0, 0.05) is 32.5 Å². The van der Waals surface area contributed by atoms with E-state index in [0.717, 1.165) is 42.5 Å². The fourth-order valence-corrected chi connectivity index (χ4v) is 4.54. The third kappa shape index (κ3) is 3.69. The molecule has 8 nitrogen and oxygen atoms in total. The van der Waals surface area contributed by atoms with Gasteiger partial charge >= 0.3 is 0 Å². The predicted octanol–water partition coefficient (Wildman–Crippen LogP) is 2.83. The maximum Gasteiger partial charge on any atom is 0.257 e. The standard InChI is InChI=1S/C24H27N5O3/c1-28(18-10-11-32-14-18)23(30)20-13-26-29(21(20)15-31-2)24-25-12-17-8-5-7-16-6-3-4-9-19(16)22(17)27-24/h3-4,6,9,12-13,18H,5,7-8,10-11,14-15H2,1-2H3. The van der Waals surface area contributed by atoms with Crippen LogP contribution in [0.4, 0.5) is 0 Å². The molecule has 1 fully saturated rings. The zero-order valence-electron chi connectivity index (χ0n) is 18.5. The Morgan fingerprint density at radius 3 is 2.91 bits per heavy atom. The highest BCUT2D eigenvalue weighted by Gasteiger charge is 2.29. The van der Waals surface area contributed by atoms with E-state index < -0.39 is 0 Å². The minimum atomic E-state index is -0.0982. The van der Waals surface area contributed by atoms with Gasteiger partial charge in [-0.05, 0) is 36.8 Å². The summed E-state index contributed by atoms with van der Waals surface area (Å²) in [5.41, 5.74) is 5.66. The van der Waals surface area contributed by atoms with E-state index in [9.17, 15) is 4.79 Å². The summed E-state index contributed by atoms with van der Waals surface area (Å²) < 4.78 is 12.5. The number of methoxy groups -OCH3 is 1. The van der Waals surface area contributed by atoms with E-state index in [0.29, 0.717) is 30.4 Å². The van der Waals surface area contributed by atoms with Gasteiger partial charge in [0.25, 0.3) is 11.9 Å². The number of aromatic nitrogens is 4. The average Bonchev–Trinajstić information content (AvgIpc) is 3.46. The molecule has 0 saturated carbocycles. The lowest BCUT2D eigenvalue weighted by molar-refractivity contribution is 0.0706. The van der Waals surface area contributed by atoms with Crippen molar-refractivity contribution >= 4 is 5.91 Å². The van der Waals surface area contributed by atoms with Crippen LogP contribution in [-0.2, 0) is 28.9 Å². The molecule has 1 unspecified atom stereocenters. The highest BCUT2D eigenvalue weighted by atomic mass is 16.5. The summed E-state index contributed by atoms with van der Waals surface area (Å²) in [4.78, 5) is 24.5. The van der Waals surface area contributed by atoms with Crippen LogP contribution in [-0.4, -0.2) is 64.0 Å². The number of likely N-dealkylation sites (N-methyl/N-ethyl adjacent to an activating group) is 1.